The number of hydrogen-bond donors (Lipinski definition) is 0. The number of pyridine rings is 1. The molecule has 0 atom stereocenters. The first-order valence-corrected chi connectivity index (χ1v) is 7.38. The molecule has 0 aliphatic carbocycles. The third-order valence-electron chi connectivity index (χ3n) is 3.23. The van der Waals surface area contributed by atoms with Crippen molar-refractivity contribution in [1.29, 1.82) is 0 Å². The zero-order chi connectivity index (χ0) is 16.2. The Hall–Kier alpha value is -2.73. The molecule has 1 aromatic carbocycles. The van der Waals surface area contributed by atoms with Crippen LogP contribution in [0, 0.1) is 0 Å². The van der Waals surface area contributed by atoms with E-state index in [1.54, 1.807) is 48.8 Å². The van der Waals surface area contributed by atoms with E-state index in [2.05, 4.69) is 15.1 Å². The fourth-order valence-corrected chi connectivity index (χ4v) is 2.32. The van der Waals surface area contributed by atoms with Crippen LogP contribution in [0.15, 0.2) is 53.3 Å². The average molecular weight is 329 g/mol. The minimum absolute atomic E-state index is 0.0707. The molecule has 3 rings (SSSR count). The summed E-state index contributed by atoms with van der Waals surface area (Å²) >= 11 is 5.99. The van der Waals surface area contributed by atoms with Gasteiger partial charge in [0.15, 0.2) is 0 Å². The number of nitrogens with zero attached hydrogens (tertiary/aromatic N) is 4. The van der Waals surface area contributed by atoms with E-state index < -0.39 is 0 Å². The van der Waals surface area contributed by atoms with Crippen molar-refractivity contribution in [2.75, 3.05) is 11.4 Å². The van der Waals surface area contributed by atoms with Crippen molar-refractivity contribution in [3.05, 3.63) is 59.7 Å². The van der Waals surface area contributed by atoms with E-state index in [0.29, 0.717) is 23.1 Å². The predicted molar refractivity (Wildman–Crippen MR) is 86.3 cm³/mol. The van der Waals surface area contributed by atoms with Gasteiger partial charge in [0, 0.05) is 35.2 Å². The van der Waals surface area contributed by atoms with Crippen LogP contribution in [0.25, 0.3) is 11.4 Å². The predicted octanol–water partition coefficient (Wildman–Crippen LogP) is 3.45. The Labute approximate surface area is 137 Å². The molecule has 0 fully saturated rings. The molecule has 0 unspecified atom stereocenters. The van der Waals surface area contributed by atoms with Gasteiger partial charge in [0.2, 0.25) is 5.82 Å². The van der Waals surface area contributed by atoms with Crippen molar-refractivity contribution >= 4 is 23.2 Å². The first-order valence-electron chi connectivity index (χ1n) is 7.00. The quantitative estimate of drug-likeness (QED) is 0.733. The Bertz CT molecular complexity index is 820. The molecule has 0 N–H and O–H groups in total. The highest BCUT2D eigenvalue weighted by Crippen LogP contribution is 2.22. The number of benzene rings is 1. The van der Waals surface area contributed by atoms with E-state index in [4.69, 9.17) is 16.1 Å². The third kappa shape index (κ3) is 3.22. The van der Waals surface area contributed by atoms with Crippen molar-refractivity contribution in [1.82, 2.24) is 15.1 Å². The topological polar surface area (TPSA) is 72.1 Å². The fourth-order valence-electron chi connectivity index (χ4n) is 2.13. The lowest BCUT2D eigenvalue weighted by Gasteiger charge is -2.18. The maximum absolute atomic E-state index is 12.6. The lowest BCUT2D eigenvalue weighted by atomic mass is 10.2. The van der Waals surface area contributed by atoms with E-state index in [-0.39, 0.29) is 11.8 Å². The van der Waals surface area contributed by atoms with Gasteiger partial charge in [-0.1, -0.05) is 22.8 Å². The van der Waals surface area contributed by atoms with E-state index in [1.165, 1.54) is 4.90 Å². The second kappa shape index (κ2) is 6.58. The molecule has 0 aliphatic rings. The summed E-state index contributed by atoms with van der Waals surface area (Å²) in [6.45, 7) is 2.31. The van der Waals surface area contributed by atoms with Crippen molar-refractivity contribution in [2.24, 2.45) is 0 Å². The minimum Gasteiger partial charge on any atom is -0.328 e. The molecule has 0 aliphatic heterocycles. The third-order valence-corrected chi connectivity index (χ3v) is 3.46. The number of halogens is 1. The standard InChI is InChI=1S/C16H13ClN4O2/c1-2-21(13-5-3-4-12(17)10-13)16(22)15-19-14(20-23-15)11-6-8-18-9-7-11/h3-10H,2H2,1H3. The van der Waals surface area contributed by atoms with Gasteiger partial charge in [0.25, 0.3) is 0 Å². The molecule has 0 saturated carbocycles. The summed E-state index contributed by atoms with van der Waals surface area (Å²) in [5.41, 5.74) is 1.40. The van der Waals surface area contributed by atoms with Gasteiger partial charge in [-0.25, -0.2) is 0 Å². The summed E-state index contributed by atoms with van der Waals surface area (Å²) in [4.78, 5) is 22.2. The summed E-state index contributed by atoms with van der Waals surface area (Å²) in [7, 11) is 0. The number of amides is 1. The molecule has 0 saturated heterocycles. The summed E-state index contributed by atoms with van der Waals surface area (Å²) < 4.78 is 5.11. The van der Waals surface area contributed by atoms with Crippen LogP contribution >= 0.6 is 11.6 Å². The van der Waals surface area contributed by atoms with Crippen LogP contribution in [0.2, 0.25) is 5.02 Å². The molecule has 23 heavy (non-hydrogen) atoms. The zero-order valence-corrected chi connectivity index (χ0v) is 13.1. The van der Waals surface area contributed by atoms with Gasteiger partial charge in [-0.15, -0.1) is 0 Å². The highest BCUT2D eigenvalue weighted by Gasteiger charge is 2.23. The molecule has 116 valence electrons. The average Bonchev–Trinajstić information content (AvgIpc) is 3.06. The SMILES string of the molecule is CCN(C(=O)c1nc(-c2ccncc2)no1)c1cccc(Cl)c1. The molecular formula is C16H13ClN4O2. The monoisotopic (exact) mass is 328 g/mol. The molecule has 7 heteroatoms. The maximum atomic E-state index is 12.6. The van der Waals surface area contributed by atoms with Crippen LogP contribution < -0.4 is 4.90 Å². The largest absolute Gasteiger partial charge is 0.328 e. The van der Waals surface area contributed by atoms with Gasteiger partial charge < -0.3 is 9.42 Å². The second-order valence-corrected chi connectivity index (χ2v) is 5.12. The molecule has 3 aromatic rings. The summed E-state index contributed by atoms with van der Waals surface area (Å²) in [6.07, 6.45) is 3.25. The van der Waals surface area contributed by atoms with Crippen molar-refractivity contribution in [3.63, 3.8) is 0 Å². The minimum atomic E-state index is -0.373. The Kier molecular flexibility index (Phi) is 4.34. The smallest absolute Gasteiger partial charge is 0.316 e. The number of carbonyl (C=O) groups is 1. The van der Waals surface area contributed by atoms with Crippen LogP contribution in [-0.4, -0.2) is 27.6 Å². The zero-order valence-electron chi connectivity index (χ0n) is 12.3. The number of anilines is 1. The normalized spacial score (nSPS) is 10.5. The van der Waals surface area contributed by atoms with Gasteiger partial charge in [0.05, 0.1) is 0 Å². The Morgan fingerprint density at radius 2 is 2.04 bits per heavy atom. The number of hydrogen-bond acceptors (Lipinski definition) is 5. The van der Waals surface area contributed by atoms with Gasteiger partial charge in [-0.05, 0) is 37.3 Å². The maximum Gasteiger partial charge on any atom is 0.316 e. The first kappa shape index (κ1) is 15.2. The second-order valence-electron chi connectivity index (χ2n) is 4.69. The van der Waals surface area contributed by atoms with E-state index in [0.717, 1.165) is 5.56 Å². The molecule has 0 bridgehead atoms. The van der Waals surface area contributed by atoms with Gasteiger partial charge >= 0.3 is 11.8 Å². The van der Waals surface area contributed by atoms with Crippen molar-refractivity contribution in [2.45, 2.75) is 6.92 Å². The van der Waals surface area contributed by atoms with Crippen molar-refractivity contribution < 1.29 is 9.32 Å². The highest BCUT2D eigenvalue weighted by atomic mass is 35.5. The molecule has 6 nitrogen and oxygen atoms in total. The molecule has 1 amide bonds. The van der Waals surface area contributed by atoms with Crippen LogP contribution in [0.3, 0.4) is 0 Å². The Morgan fingerprint density at radius 1 is 1.26 bits per heavy atom. The molecule has 0 radical (unpaired) electrons. The lowest BCUT2D eigenvalue weighted by Crippen LogP contribution is -2.30. The van der Waals surface area contributed by atoms with E-state index >= 15 is 0 Å². The van der Waals surface area contributed by atoms with Gasteiger partial charge in [-0.2, -0.15) is 4.98 Å². The summed E-state index contributed by atoms with van der Waals surface area (Å²) in [5, 5.41) is 4.40. The molecule has 2 heterocycles. The Morgan fingerprint density at radius 3 is 2.74 bits per heavy atom. The number of aromatic nitrogens is 3. The van der Waals surface area contributed by atoms with Crippen LogP contribution in [0.5, 0.6) is 0 Å². The van der Waals surface area contributed by atoms with Gasteiger partial charge in [-0.3, -0.25) is 9.78 Å². The molecule has 2 aromatic heterocycles. The fraction of sp³-hybridized carbons (Fsp3) is 0.125. The molecular weight excluding hydrogens is 316 g/mol. The van der Waals surface area contributed by atoms with Crippen LogP contribution in [-0.2, 0) is 0 Å². The van der Waals surface area contributed by atoms with E-state index in [9.17, 15) is 4.79 Å². The first-order chi connectivity index (χ1) is 11.2. The summed E-state index contributed by atoms with van der Waals surface area (Å²) in [6, 6.07) is 10.5. The Balaban J connectivity index is 1.89. The van der Waals surface area contributed by atoms with Crippen LogP contribution in [0.4, 0.5) is 5.69 Å². The van der Waals surface area contributed by atoms with Gasteiger partial charge in [0.1, 0.15) is 0 Å². The van der Waals surface area contributed by atoms with E-state index in [1.807, 2.05) is 6.92 Å². The highest BCUT2D eigenvalue weighted by molar-refractivity contribution is 6.31. The number of rotatable bonds is 4. The van der Waals surface area contributed by atoms with Crippen molar-refractivity contribution in [3.8, 4) is 11.4 Å². The summed E-state index contributed by atoms with van der Waals surface area (Å²) in [5.74, 6) is -0.0980. The van der Waals surface area contributed by atoms with Crippen LogP contribution in [0.1, 0.15) is 17.6 Å². The number of carbonyl (C=O) groups excluding carboxylic acids is 1. The lowest BCUT2D eigenvalue weighted by molar-refractivity contribution is 0.0946. The molecule has 0 spiro atoms.